The number of nitrogens with zero attached hydrogens (tertiary/aromatic N) is 5. The number of pyridine rings is 1. The van der Waals surface area contributed by atoms with Crippen molar-refractivity contribution in [2.45, 2.75) is 13.0 Å². The molecule has 2 aromatic heterocycles. The average molecular weight is 324 g/mol. The SMILES string of the molecule is N#CCCN(Cc1cccnc1)c1nnc(Br)s1. The molecule has 0 atom stereocenters. The maximum Gasteiger partial charge on any atom is 0.209 e. The van der Waals surface area contributed by atoms with Gasteiger partial charge in [-0.05, 0) is 27.6 Å². The van der Waals surface area contributed by atoms with E-state index in [1.165, 1.54) is 11.3 Å². The molecule has 0 N–H and O–H groups in total. The van der Waals surface area contributed by atoms with Crippen molar-refractivity contribution in [2.75, 3.05) is 11.4 Å². The third-order valence-electron chi connectivity index (χ3n) is 2.25. The molecule has 0 aliphatic rings. The lowest BCUT2D eigenvalue weighted by atomic mass is 10.2. The van der Waals surface area contributed by atoms with Crippen molar-refractivity contribution in [3.63, 3.8) is 0 Å². The highest BCUT2D eigenvalue weighted by Gasteiger charge is 2.12. The van der Waals surface area contributed by atoms with Gasteiger partial charge >= 0.3 is 0 Å². The van der Waals surface area contributed by atoms with Crippen molar-refractivity contribution in [1.82, 2.24) is 15.2 Å². The molecular formula is C11H10BrN5S. The van der Waals surface area contributed by atoms with Gasteiger partial charge in [0.1, 0.15) is 0 Å². The Morgan fingerprint density at radius 3 is 2.94 bits per heavy atom. The first-order valence-corrected chi connectivity index (χ1v) is 6.90. The predicted molar refractivity (Wildman–Crippen MR) is 73.1 cm³/mol. The first-order valence-electron chi connectivity index (χ1n) is 5.29. The van der Waals surface area contributed by atoms with Crippen LogP contribution in [-0.2, 0) is 6.54 Å². The van der Waals surface area contributed by atoms with Gasteiger partial charge in [0.2, 0.25) is 5.13 Å². The fraction of sp³-hybridized carbons (Fsp3) is 0.273. The summed E-state index contributed by atoms with van der Waals surface area (Å²) in [6.07, 6.45) is 4.01. The lowest BCUT2D eigenvalue weighted by Gasteiger charge is -2.19. The zero-order chi connectivity index (χ0) is 12.8. The minimum atomic E-state index is 0.456. The van der Waals surface area contributed by atoms with Gasteiger partial charge in [-0.15, -0.1) is 10.2 Å². The summed E-state index contributed by atoms with van der Waals surface area (Å²) in [4.78, 5) is 6.11. The summed E-state index contributed by atoms with van der Waals surface area (Å²) in [5.41, 5.74) is 1.08. The monoisotopic (exact) mass is 323 g/mol. The van der Waals surface area contributed by atoms with E-state index in [9.17, 15) is 0 Å². The van der Waals surface area contributed by atoms with E-state index >= 15 is 0 Å². The van der Waals surface area contributed by atoms with Gasteiger partial charge in [0.15, 0.2) is 3.92 Å². The zero-order valence-electron chi connectivity index (χ0n) is 9.45. The Kier molecular flexibility index (Phi) is 4.61. The van der Waals surface area contributed by atoms with Crippen molar-refractivity contribution in [1.29, 1.82) is 5.26 Å². The summed E-state index contributed by atoms with van der Waals surface area (Å²) in [5.74, 6) is 0. The van der Waals surface area contributed by atoms with Crippen LogP contribution in [0.15, 0.2) is 28.4 Å². The van der Waals surface area contributed by atoms with Crippen LogP contribution in [0.5, 0.6) is 0 Å². The summed E-state index contributed by atoms with van der Waals surface area (Å²) in [7, 11) is 0. The molecule has 0 aromatic carbocycles. The van der Waals surface area contributed by atoms with Crippen LogP contribution in [0.1, 0.15) is 12.0 Å². The van der Waals surface area contributed by atoms with Crippen molar-refractivity contribution < 1.29 is 0 Å². The number of nitriles is 1. The molecule has 0 amide bonds. The number of aromatic nitrogens is 3. The van der Waals surface area contributed by atoms with E-state index in [0.717, 1.165) is 14.6 Å². The molecular weight excluding hydrogens is 314 g/mol. The van der Waals surface area contributed by atoms with Crippen LogP contribution >= 0.6 is 27.3 Å². The summed E-state index contributed by atoms with van der Waals surface area (Å²) >= 11 is 4.75. The van der Waals surface area contributed by atoms with Gasteiger partial charge < -0.3 is 4.90 Å². The third kappa shape index (κ3) is 3.48. The van der Waals surface area contributed by atoms with E-state index < -0.39 is 0 Å². The smallest absolute Gasteiger partial charge is 0.209 e. The van der Waals surface area contributed by atoms with Gasteiger partial charge in [0.25, 0.3) is 0 Å². The Balaban J connectivity index is 2.13. The summed E-state index contributed by atoms with van der Waals surface area (Å²) < 4.78 is 0.741. The van der Waals surface area contributed by atoms with Crippen LogP contribution in [0.25, 0.3) is 0 Å². The fourth-order valence-electron chi connectivity index (χ4n) is 1.47. The topological polar surface area (TPSA) is 65.7 Å². The average Bonchev–Trinajstić information content (AvgIpc) is 2.82. The highest BCUT2D eigenvalue weighted by molar-refractivity contribution is 9.11. The molecule has 0 radical (unpaired) electrons. The van der Waals surface area contributed by atoms with Crippen molar-refractivity contribution in [3.05, 3.63) is 34.0 Å². The molecule has 0 aliphatic heterocycles. The molecule has 0 aliphatic carbocycles. The number of halogens is 1. The fourth-order valence-corrected chi connectivity index (χ4v) is 2.58. The van der Waals surface area contributed by atoms with E-state index in [1.807, 2.05) is 23.2 Å². The molecule has 2 heterocycles. The molecule has 0 unspecified atom stereocenters. The molecule has 5 nitrogen and oxygen atoms in total. The Labute approximate surface area is 117 Å². The molecule has 0 saturated carbocycles. The highest BCUT2D eigenvalue weighted by Crippen LogP contribution is 2.25. The quantitative estimate of drug-likeness (QED) is 0.846. The summed E-state index contributed by atoms with van der Waals surface area (Å²) in [6.45, 7) is 1.31. The Hall–Kier alpha value is -1.52. The largest absolute Gasteiger partial charge is 0.341 e. The van der Waals surface area contributed by atoms with Gasteiger partial charge in [0, 0.05) is 25.5 Å². The number of anilines is 1. The minimum absolute atomic E-state index is 0.456. The Morgan fingerprint density at radius 2 is 2.33 bits per heavy atom. The molecule has 0 saturated heterocycles. The van der Waals surface area contributed by atoms with Gasteiger partial charge in [-0.25, -0.2) is 0 Å². The standard InChI is InChI=1S/C11H10BrN5S/c12-10-15-16-11(18-10)17(6-2-4-13)8-9-3-1-5-14-7-9/h1,3,5,7H,2,6,8H2. The van der Waals surface area contributed by atoms with E-state index in [2.05, 4.69) is 37.2 Å². The maximum atomic E-state index is 8.70. The molecule has 7 heteroatoms. The Bertz CT molecular complexity index is 536. The van der Waals surface area contributed by atoms with E-state index in [0.29, 0.717) is 19.5 Å². The zero-order valence-corrected chi connectivity index (χ0v) is 11.9. The van der Waals surface area contributed by atoms with E-state index in [-0.39, 0.29) is 0 Å². The molecule has 2 aromatic rings. The highest BCUT2D eigenvalue weighted by atomic mass is 79.9. The van der Waals surface area contributed by atoms with Crippen molar-refractivity contribution in [2.24, 2.45) is 0 Å². The van der Waals surface area contributed by atoms with E-state index in [4.69, 9.17) is 5.26 Å². The molecule has 0 bridgehead atoms. The summed E-state index contributed by atoms with van der Waals surface area (Å²) in [6, 6.07) is 6.05. The van der Waals surface area contributed by atoms with Crippen molar-refractivity contribution >= 4 is 32.4 Å². The molecule has 0 fully saturated rings. The van der Waals surface area contributed by atoms with Gasteiger partial charge in [-0.3, -0.25) is 4.98 Å². The molecule has 0 spiro atoms. The van der Waals surface area contributed by atoms with Gasteiger partial charge in [-0.2, -0.15) is 5.26 Å². The molecule has 92 valence electrons. The summed E-state index contributed by atoms with van der Waals surface area (Å²) in [5, 5.41) is 17.5. The maximum absolute atomic E-state index is 8.70. The second kappa shape index (κ2) is 6.42. The van der Waals surface area contributed by atoms with E-state index in [1.54, 1.807) is 6.20 Å². The van der Waals surface area contributed by atoms with Crippen LogP contribution in [-0.4, -0.2) is 21.7 Å². The minimum Gasteiger partial charge on any atom is -0.341 e. The van der Waals surface area contributed by atoms with Crippen LogP contribution in [0.2, 0.25) is 0 Å². The number of rotatable bonds is 5. The normalized spacial score (nSPS) is 10.0. The van der Waals surface area contributed by atoms with Gasteiger partial charge in [0.05, 0.1) is 12.5 Å². The number of hydrogen-bond acceptors (Lipinski definition) is 6. The van der Waals surface area contributed by atoms with Crippen molar-refractivity contribution in [3.8, 4) is 6.07 Å². The van der Waals surface area contributed by atoms with Crippen LogP contribution < -0.4 is 4.90 Å². The van der Waals surface area contributed by atoms with Gasteiger partial charge in [-0.1, -0.05) is 17.4 Å². The second-order valence-corrected chi connectivity index (χ2v) is 5.76. The number of hydrogen-bond donors (Lipinski definition) is 0. The lowest BCUT2D eigenvalue weighted by Crippen LogP contribution is -2.23. The molecule has 18 heavy (non-hydrogen) atoms. The third-order valence-corrected chi connectivity index (χ3v) is 3.67. The lowest BCUT2D eigenvalue weighted by molar-refractivity contribution is 0.782. The van der Waals surface area contributed by atoms with Crippen LogP contribution in [0.4, 0.5) is 5.13 Å². The van der Waals surface area contributed by atoms with Crippen LogP contribution in [0, 0.1) is 11.3 Å². The second-order valence-electron chi connectivity index (χ2n) is 3.53. The first-order chi connectivity index (χ1) is 8.79. The Morgan fingerprint density at radius 1 is 1.44 bits per heavy atom. The predicted octanol–water partition coefficient (Wildman–Crippen LogP) is 2.62. The van der Waals surface area contributed by atoms with Crippen LogP contribution in [0.3, 0.4) is 0 Å². The first kappa shape index (κ1) is 12.9. The molecule has 2 rings (SSSR count).